The van der Waals surface area contributed by atoms with Gasteiger partial charge in [0.05, 0.1) is 13.7 Å². The van der Waals surface area contributed by atoms with Crippen molar-refractivity contribution >= 4 is 23.5 Å². The van der Waals surface area contributed by atoms with Crippen LogP contribution in [-0.4, -0.2) is 43.8 Å². The molecule has 0 aromatic heterocycles. The van der Waals surface area contributed by atoms with Crippen molar-refractivity contribution in [2.24, 2.45) is 5.73 Å². The molecular weight excluding hydrogens is 350 g/mol. The maximum atomic E-state index is 12.2. The number of ether oxygens (including phenoxy) is 2. The van der Waals surface area contributed by atoms with Gasteiger partial charge in [-0.1, -0.05) is 12.1 Å². The van der Waals surface area contributed by atoms with E-state index in [1.807, 2.05) is 0 Å². The van der Waals surface area contributed by atoms with Crippen molar-refractivity contribution in [1.29, 1.82) is 5.41 Å². The molecule has 27 heavy (non-hydrogen) atoms. The summed E-state index contributed by atoms with van der Waals surface area (Å²) >= 11 is 0. The van der Waals surface area contributed by atoms with Crippen molar-refractivity contribution in [3.8, 4) is 5.75 Å². The number of rotatable bonds is 8. The molecule has 8 heteroatoms. The van der Waals surface area contributed by atoms with Gasteiger partial charge in [0.1, 0.15) is 11.6 Å². The first kappa shape index (κ1) is 19.6. The Balaban J connectivity index is 1.88. The highest BCUT2D eigenvalue weighted by molar-refractivity contribution is 6.02. The number of hydrogen-bond donors (Lipinski definition) is 3. The Hall–Kier alpha value is -3.68. The molecule has 2 rings (SSSR count). The zero-order valence-corrected chi connectivity index (χ0v) is 14.7. The van der Waals surface area contributed by atoms with E-state index in [0.717, 1.165) is 0 Å². The third-order valence-corrected chi connectivity index (χ3v) is 3.63. The van der Waals surface area contributed by atoms with Crippen LogP contribution in [0, 0.1) is 5.41 Å². The minimum absolute atomic E-state index is 0.0869. The van der Waals surface area contributed by atoms with Gasteiger partial charge in [-0.05, 0) is 36.4 Å². The van der Waals surface area contributed by atoms with Gasteiger partial charge >= 0.3 is 5.97 Å². The lowest BCUT2D eigenvalue weighted by Crippen LogP contribution is -2.29. The number of nitrogen functional groups attached to an aromatic ring is 1. The van der Waals surface area contributed by atoms with Crippen LogP contribution in [0.25, 0.3) is 0 Å². The number of ketones is 1. The Morgan fingerprint density at radius 3 is 2.07 bits per heavy atom. The van der Waals surface area contributed by atoms with Crippen LogP contribution in [0.15, 0.2) is 48.5 Å². The first-order valence-corrected chi connectivity index (χ1v) is 7.96. The number of esters is 1. The van der Waals surface area contributed by atoms with Gasteiger partial charge in [-0.2, -0.15) is 0 Å². The molecule has 8 nitrogen and oxygen atoms in total. The lowest BCUT2D eigenvalue weighted by Gasteiger charge is -2.07. The Morgan fingerprint density at radius 1 is 0.963 bits per heavy atom. The molecule has 0 bridgehead atoms. The average Bonchev–Trinajstić information content (AvgIpc) is 2.70. The minimum atomic E-state index is -0.505. The van der Waals surface area contributed by atoms with Crippen LogP contribution in [0.3, 0.4) is 0 Å². The SMILES string of the molecule is COC(=O)COc1ccc(C(=O)CNC(=O)c2ccc(C(=N)N)cc2)cc1. The maximum absolute atomic E-state index is 12.2. The van der Waals surface area contributed by atoms with Gasteiger partial charge in [0.15, 0.2) is 12.4 Å². The summed E-state index contributed by atoms with van der Waals surface area (Å²) in [6.45, 7) is -0.391. The molecule has 0 spiro atoms. The molecule has 0 heterocycles. The fourth-order valence-electron chi connectivity index (χ4n) is 2.10. The zero-order valence-electron chi connectivity index (χ0n) is 14.7. The Kier molecular flexibility index (Phi) is 6.65. The molecule has 2 aromatic rings. The second-order valence-electron chi connectivity index (χ2n) is 5.49. The van der Waals surface area contributed by atoms with E-state index in [2.05, 4.69) is 10.1 Å². The van der Waals surface area contributed by atoms with Crippen molar-refractivity contribution < 1.29 is 23.9 Å². The molecule has 0 saturated heterocycles. The van der Waals surface area contributed by atoms with E-state index in [4.69, 9.17) is 15.9 Å². The van der Waals surface area contributed by atoms with Crippen molar-refractivity contribution in [1.82, 2.24) is 5.32 Å². The summed E-state index contributed by atoms with van der Waals surface area (Å²) in [6.07, 6.45) is 0. The highest BCUT2D eigenvalue weighted by atomic mass is 16.6. The second-order valence-corrected chi connectivity index (χ2v) is 5.49. The van der Waals surface area contributed by atoms with Crippen molar-refractivity contribution in [2.45, 2.75) is 0 Å². The lowest BCUT2D eigenvalue weighted by molar-refractivity contribution is -0.142. The summed E-state index contributed by atoms with van der Waals surface area (Å²) in [7, 11) is 1.26. The summed E-state index contributed by atoms with van der Waals surface area (Å²) in [6, 6.07) is 12.4. The van der Waals surface area contributed by atoms with E-state index < -0.39 is 11.9 Å². The van der Waals surface area contributed by atoms with Crippen LogP contribution < -0.4 is 15.8 Å². The first-order valence-electron chi connectivity index (χ1n) is 7.96. The van der Waals surface area contributed by atoms with E-state index in [1.54, 1.807) is 36.4 Å². The van der Waals surface area contributed by atoms with Crippen LogP contribution in [0.5, 0.6) is 5.75 Å². The molecule has 0 aliphatic heterocycles. The summed E-state index contributed by atoms with van der Waals surface area (Å²) in [5.41, 5.74) is 6.63. The summed E-state index contributed by atoms with van der Waals surface area (Å²) in [5.74, 6) is -0.850. The average molecular weight is 369 g/mol. The Labute approximate surface area is 155 Å². The fraction of sp³-hybridized carbons (Fsp3) is 0.158. The number of Topliss-reactive ketones (excluding diaryl/α,β-unsaturated/α-hetero) is 1. The highest BCUT2D eigenvalue weighted by Gasteiger charge is 2.11. The van der Waals surface area contributed by atoms with Gasteiger partial charge in [-0.3, -0.25) is 15.0 Å². The first-order chi connectivity index (χ1) is 12.9. The molecule has 0 atom stereocenters. The topological polar surface area (TPSA) is 132 Å². The van der Waals surface area contributed by atoms with E-state index in [0.29, 0.717) is 22.4 Å². The fourth-order valence-corrected chi connectivity index (χ4v) is 2.10. The van der Waals surface area contributed by atoms with Crippen LogP contribution in [0.1, 0.15) is 26.3 Å². The van der Waals surface area contributed by atoms with Crippen molar-refractivity contribution in [3.63, 3.8) is 0 Å². The van der Waals surface area contributed by atoms with Gasteiger partial charge < -0.3 is 20.5 Å². The molecule has 0 aliphatic rings. The maximum Gasteiger partial charge on any atom is 0.343 e. The summed E-state index contributed by atoms with van der Waals surface area (Å²) in [5, 5.41) is 9.86. The van der Waals surface area contributed by atoms with Gasteiger partial charge in [0, 0.05) is 16.7 Å². The number of amidine groups is 1. The number of nitrogens with two attached hydrogens (primary N) is 1. The number of methoxy groups -OCH3 is 1. The molecule has 1 amide bonds. The molecule has 4 N–H and O–H groups in total. The number of carbonyl (C=O) groups is 3. The predicted molar refractivity (Wildman–Crippen MR) is 98.1 cm³/mol. The third-order valence-electron chi connectivity index (χ3n) is 3.63. The van der Waals surface area contributed by atoms with Gasteiger partial charge in [-0.25, -0.2) is 4.79 Å². The molecule has 2 aromatic carbocycles. The molecule has 140 valence electrons. The minimum Gasteiger partial charge on any atom is -0.482 e. The Bertz CT molecular complexity index is 845. The van der Waals surface area contributed by atoms with Crippen molar-refractivity contribution in [3.05, 3.63) is 65.2 Å². The van der Waals surface area contributed by atoms with Crippen LogP contribution in [0.4, 0.5) is 0 Å². The summed E-state index contributed by atoms with van der Waals surface area (Å²) < 4.78 is 9.66. The van der Waals surface area contributed by atoms with E-state index in [-0.39, 0.29) is 24.8 Å². The predicted octanol–water partition coefficient (Wildman–Crippen LogP) is 1.14. The Morgan fingerprint density at radius 2 is 1.52 bits per heavy atom. The summed E-state index contributed by atoms with van der Waals surface area (Å²) in [4.78, 5) is 35.3. The van der Waals surface area contributed by atoms with Gasteiger partial charge in [0.2, 0.25) is 0 Å². The van der Waals surface area contributed by atoms with Gasteiger partial charge in [-0.15, -0.1) is 0 Å². The largest absolute Gasteiger partial charge is 0.482 e. The monoisotopic (exact) mass is 369 g/mol. The van der Waals surface area contributed by atoms with E-state index >= 15 is 0 Å². The molecule has 0 saturated carbocycles. The zero-order chi connectivity index (χ0) is 19.8. The number of carbonyl (C=O) groups excluding carboxylic acids is 3. The number of nitrogens with one attached hydrogen (secondary N) is 2. The smallest absolute Gasteiger partial charge is 0.343 e. The quantitative estimate of drug-likeness (QED) is 0.277. The molecule has 0 unspecified atom stereocenters. The van der Waals surface area contributed by atoms with Gasteiger partial charge in [0.25, 0.3) is 5.91 Å². The normalized spacial score (nSPS) is 9.96. The van der Waals surface area contributed by atoms with Crippen LogP contribution in [0.2, 0.25) is 0 Å². The number of benzene rings is 2. The van der Waals surface area contributed by atoms with Crippen LogP contribution >= 0.6 is 0 Å². The third kappa shape index (κ3) is 5.67. The van der Waals surface area contributed by atoms with E-state index in [1.165, 1.54) is 19.2 Å². The van der Waals surface area contributed by atoms with Crippen molar-refractivity contribution in [2.75, 3.05) is 20.3 Å². The highest BCUT2D eigenvalue weighted by Crippen LogP contribution is 2.12. The second kappa shape index (κ2) is 9.14. The molecule has 0 radical (unpaired) electrons. The lowest BCUT2D eigenvalue weighted by atomic mass is 10.1. The molecule has 0 fully saturated rings. The number of hydrogen-bond acceptors (Lipinski definition) is 6. The molecule has 0 aliphatic carbocycles. The van der Waals surface area contributed by atoms with Crippen LogP contribution in [-0.2, 0) is 9.53 Å². The van der Waals surface area contributed by atoms with E-state index in [9.17, 15) is 14.4 Å². The molecular formula is C19H19N3O5. The number of amides is 1. The standard InChI is InChI=1S/C19H19N3O5/c1-26-17(24)11-27-15-8-6-12(7-9-15)16(23)10-22-19(25)14-4-2-13(3-5-14)18(20)21/h2-9H,10-11H2,1H3,(H3,20,21)(H,22,25).